The van der Waals surface area contributed by atoms with E-state index in [0.717, 1.165) is 26.2 Å². The first-order valence-electron chi connectivity index (χ1n) is 5.56. The van der Waals surface area contributed by atoms with E-state index in [-0.39, 0.29) is 12.0 Å². The van der Waals surface area contributed by atoms with Crippen LogP contribution in [-0.2, 0) is 9.53 Å². The lowest BCUT2D eigenvalue weighted by Gasteiger charge is -2.38. The maximum atomic E-state index is 11.7. The van der Waals surface area contributed by atoms with Crippen molar-refractivity contribution in [2.75, 3.05) is 40.3 Å². The lowest BCUT2D eigenvalue weighted by Crippen LogP contribution is -2.53. The minimum absolute atomic E-state index is 0.0799. The standard InChI is InChI=1S/C11H22N2O2/c1-9(2)10(11(14)15-4)13-7-5-12(3)6-8-13/h9-10H,5-8H2,1-4H3. The average molecular weight is 214 g/mol. The lowest BCUT2D eigenvalue weighted by atomic mass is 10.0. The molecule has 1 aliphatic heterocycles. The fourth-order valence-electron chi connectivity index (χ4n) is 2.06. The minimum Gasteiger partial charge on any atom is -0.468 e. The second-order valence-electron chi connectivity index (χ2n) is 4.55. The normalized spacial score (nSPS) is 21.7. The van der Waals surface area contributed by atoms with Crippen LogP contribution < -0.4 is 0 Å². The third kappa shape index (κ3) is 3.18. The van der Waals surface area contributed by atoms with Crippen molar-refractivity contribution in [3.63, 3.8) is 0 Å². The number of hydrogen-bond donors (Lipinski definition) is 0. The summed E-state index contributed by atoms with van der Waals surface area (Å²) < 4.78 is 4.86. The third-order valence-corrected chi connectivity index (χ3v) is 3.01. The van der Waals surface area contributed by atoms with Gasteiger partial charge in [0.05, 0.1) is 7.11 Å². The van der Waals surface area contributed by atoms with Crippen molar-refractivity contribution in [2.24, 2.45) is 5.92 Å². The van der Waals surface area contributed by atoms with Crippen molar-refractivity contribution in [3.8, 4) is 0 Å². The van der Waals surface area contributed by atoms with Gasteiger partial charge in [0, 0.05) is 26.2 Å². The van der Waals surface area contributed by atoms with E-state index in [9.17, 15) is 4.79 Å². The van der Waals surface area contributed by atoms with E-state index in [0.29, 0.717) is 5.92 Å². The van der Waals surface area contributed by atoms with Crippen molar-refractivity contribution in [1.82, 2.24) is 9.80 Å². The molecule has 15 heavy (non-hydrogen) atoms. The number of methoxy groups -OCH3 is 1. The molecule has 4 nitrogen and oxygen atoms in total. The summed E-state index contributed by atoms with van der Waals surface area (Å²) in [5.74, 6) is 0.204. The highest BCUT2D eigenvalue weighted by Gasteiger charge is 2.31. The molecule has 4 heteroatoms. The third-order valence-electron chi connectivity index (χ3n) is 3.01. The lowest BCUT2D eigenvalue weighted by molar-refractivity contribution is -0.149. The van der Waals surface area contributed by atoms with Crippen LogP contribution in [0.2, 0.25) is 0 Å². The Morgan fingerprint density at radius 2 is 1.73 bits per heavy atom. The Morgan fingerprint density at radius 3 is 2.13 bits per heavy atom. The van der Waals surface area contributed by atoms with Gasteiger partial charge in [-0.3, -0.25) is 9.69 Å². The van der Waals surface area contributed by atoms with Crippen LogP contribution in [0.4, 0.5) is 0 Å². The van der Waals surface area contributed by atoms with E-state index in [1.54, 1.807) is 0 Å². The molecule has 0 bridgehead atoms. The molecule has 1 atom stereocenters. The van der Waals surface area contributed by atoms with Crippen molar-refractivity contribution < 1.29 is 9.53 Å². The highest BCUT2D eigenvalue weighted by atomic mass is 16.5. The molecular weight excluding hydrogens is 192 g/mol. The van der Waals surface area contributed by atoms with E-state index in [1.165, 1.54) is 7.11 Å². The monoisotopic (exact) mass is 214 g/mol. The summed E-state index contributed by atoms with van der Waals surface area (Å²) in [5.41, 5.74) is 0. The Balaban J connectivity index is 2.60. The van der Waals surface area contributed by atoms with E-state index in [1.807, 2.05) is 0 Å². The Labute approximate surface area is 92.2 Å². The minimum atomic E-state index is -0.102. The van der Waals surface area contributed by atoms with Crippen LogP contribution in [0.3, 0.4) is 0 Å². The molecule has 0 aromatic carbocycles. The van der Waals surface area contributed by atoms with E-state index in [2.05, 4.69) is 30.7 Å². The molecule has 0 spiro atoms. The van der Waals surface area contributed by atoms with Gasteiger partial charge in [-0.05, 0) is 13.0 Å². The van der Waals surface area contributed by atoms with Gasteiger partial charge in [-0.25, -0.2) is 0 Å². The van der Waals surface area contributed by atoms with Gasteiger partial charge in [-0.15, -0.1) is 0 Å². The number of carbonyl (C=O) groups is 1. The Bertz CT molecular complexity index is 211. The molecule has 0 N–H and O–H groups in total. The van der Waals surface area contributed by atoms with Crippen LogP contribution in [0.25, 0.3) is 0 Å². The number of rotatable bonds is 3. The van der Waals surface area contributed by atoms with Crippen LogP contribution >= 0.6 is 0 Å². The van der Waals surface area contributed by atoms with Gasteiger partial charge < -0.3 is 9.64 Å². The zero-order valence-corrected chi connectivity index (χ0v) is 10.2. The zero-order valence-electron chi connectivity index (χ0n) is 10.2. The van der Waals surface area contributed by atoms with Gasteiger partial charge in [-0.2, -0.15) is 0 Å². The number of nitrogens with zero attached hydrogens (tertiary/aromatic N) is 2. The first kappa shape index (κ1) is 12.5. The number of likely N-dealkylation sites (N-methyl/N-ethyl adjacent to an activating group) is 1. The Kier molecular flexibility index (Phi) is 4.54. The molecule has 1 unspecified atom stereocenters. The highest BCUT2D eigenvalue weighted by Crippen LogP contribution is 2.14. The molecule has 1 aliphatic rings. The molecule has 1 fully saturated rings. The molecule has 0 amide bonds. The molecule has 0 aromatic heterocycles. The van der Waals surface area contributed by atoms with Crippen molar-refractivity contribution >= 4 is 5.97 Å². The van der Waals surface area contributed by atoms with Gasteiger partial charge in [0.25, 0.3) is 0 Å². The smallest absolute Gasteiger partial charge is 0.323 e. The summed E-state index contributed by atoms with van der Waals surface area (Å²) in [6.07, 6.45) is 0. The molecule has 0 saturated carbocycles. The van der Waals surface area contributed by atoms with Gasteiger partial charge in [0.15, 0.2) is 0 Å². The number of hydrogen-bond acceptors (Lipinski definition) is 4. The maximum absolute atomic E-state index is 11.7. The fraction of sp³-hybridized carbons (Fsp3) is 0.909. The molecular formula is C11H22N2O2. The first-order valence-corrected chi connectivity index (χ1v) is 5.56. The Hall–Kier alpha value is -0.610. The Morgan fingerprint density at radius 1 is 1.20 bits per heavy atom. The molecule has 1 saturated heterocycles. The van der Waals surface area contributed by atoms with Crippen molar-refractivity contribution in [2.45, 2.75) is 19.9 Å². The first-order chi connectivity index (χ1) is 7.06. The average Bonchev–Trinajstić information content (AvgIpc) is 2.20. The fourth-order valence-corrected chi connectivity index (χ4v) is 2.06. The predicted molar refractivity (Wildman–Crippen MR) is 59.7 cm³/mol. The van der Waals surface area contributed by atoms with E-state index < -0.39 is 0 Å². The van der Waals surface area contributed by atoms with Crippen LogP contribution in [-0.4, -0.2) is 62.1 Å². The quantitative estimate of drug-likeness (QED) is 0.638. The van der Waals surface area contributed by atoms with Gasteiger partial charge >= 0.3 is 5.97 Å². The number of piperazine rings is 1. The summed E-state index contributed by atoms with van der Waals surface area (Å²) in [7, 11) is 3.58. The van der Waals surface area contributed by atoms with Gasteiger partial charge in [0.2, 0.25) is 0 Å². The highest BCUT2D eigenvalue weighted by molar-refractivity contribution is 5.76. The van der Waals surface area contributed by atoms with Crippen LogP contribution in [0.5, 0.6) is 0 Å². The van der Waals surface area contributed by atoms with Crippen LogP contribution in [0.1, 0.15) is 13.8 Å². The van der Waals surface area contributed by atoms with E-state index in [4.69, 9.17) is 4.74 Å². The molecule has 0 aliphatic carbocycles. The summed E-state index contributed by atoms with van der Waals surface area (Å²) >= 11 is 0. The van der Waals surface area contributed by atoms with Crippen LogP contribution in [0, 0.1) is 5.92 Å². The van der Waals surface area contributed by atoms with Crippen LogP contribution in [0.15, 0.2) is 0 Å². The summed E-state index contributed by atoms with van der Waals surface area (Å²) in [6.45, 7) is 8.10. The molecule has 88 valence electrons. The zero-order chi connectivity index (χ0) is 11.4. The number of esters is 1. The van der Waals surface area contributed by atoms with Crippen molar-refractivity contribution in [1.29, 1.82) is 0 Å². The predicted octanol–water partition coefficient (Wildman–Crippen LogP) is 0.431. The number of ether oxygens (including phenoxy) is 1. The molecule has 0 aromatic rings. The SMILES string of the molecule is COC(=O)C(C(C)C)N1CCN(C)CC1. The van der Waals surface area contributed by atoms with E-state index >= 15 is 0 Å². The second kappa shape index (κ2) is 5.47. The summed E-state index contributed by atoms with van der Waals surface area (Å²) in [6, 6.07) is -0.0799. The molecule has 1 rings (SSSR count). The maximum Gasteiger partial charge on any atom is 0.323 e. The number of carbonyl (C=O) groups excluding carboxylic acids is 1. The largest absolute Gasteiger partial charge is 0.468 e. The van der Waals surface area contributed by atoms with Crippen molar-refractivity contribution in [3.05, 3.63) is 0 Å². The van der Waals surface area contributed by atoms with Gasteiger partial charge in [0.1, 0.15) is 6.04 Å². The van der Waals surface area contributed by atoms with Gasteiger partial charge in [-0.1, -0.05) is 13.8 Å². The molecule has 0 radical (unpaired) electrons. The summed E-state index contributed by atoms with van der Waals surface area (Å²) in [5, 5.41) is 0. The second-order valence-corrected chi connectivity index (χ2v) is 4.55. The topological polar surface area (TPSA) is 32.8 Å². The molecule has 1 heterocycles. The summed E-state index contributed by atoms with van der Waals surface area (Å²) in [4.78, 5) is 16.2.